The fourth-order valence-electron chi connectivity index (χ4n) is 3.47. The molecule has 9 nitrogen and oxygen atoms in total. The van der Waals surface area contributed by atoms with E-state index in [0.717, 1.165) is 0 Å². The van der Waals surface area contributed by atoms with Crippen molar-refractivity contribution in [1.82, 2.24) is 24.7 Å². The number of hydrogen-bond donors (Lipinski definition) is 2. The standard InChI is InChI=1S/C20H23F2N7O2/c1-3-31-19-15(8-24-20(27-19)28-5-4-23-14(7-21)11-28)18(30)26-13-6-16(22)17-25-12(2)9-29(17)10-13/h6,8-10,14,23H,3-5,7,11H2,1-2H3,(H,26,30). The largest absolute Gasteiger partial charge is 0.477 e. The zero-order valence-corrected chi connectivity index (χ0v) is 17.2. The zero-order valence-electron chi connectivity index (χ0n) is 17.2. The minimum Gasteiger partial charge on any atom is -0.477 e. The third-order valence-electron chi connectivity index (χ3n) is 4.88. The predicted octanol–water partition coefficient (Wildman–Crippen LogP) is 1.97. The molecule has 1 aliphatic rings. The van der Waals surface area contributed by atoms with E-state index >= 15 is 0 Å². The first-order valence-corrected chi connectivity index (χ1v) is 9.98. The van der Waals surface area contributed by atoms with Gasteiger partial charge in [0, 0.05) is 44.3 Å². The molecule has 2 N–H and O–H groups in total. The molecule has 1 amide bonds. The molecule has 4 rings (SSSR count). The normalized spacial score (nSPS) is 16.5. The summed E-state index contributed by atoms with van der Waals surface area (Å²) in [4.78, 5) is 27.5. The molecule has 3 aromatic heterocycles. The molecule has 4 heterocycles. The van der Waals surface area contributed by atoms with Crippen molar-refractivity contribution in [3.63, 3.8) is 0 Å². The molecule has 1 saturated heterocycles. The third-order valence-corrected chi connectivity index (χ3v) is 4.88. The Hall–Kier alpha value is -3.34. The van der Waals surface area contributed by atoms with Gasteiger partial charge < -0.3 is 24.7 Å². The van der Waals surface area contributed by atoms with Crippen LogP contribution in [0.25, 0.3) is 5.65 Å². The third kappa shape index (κ3) is 4.41. The van der Waals surface area contributed by atoms with Crippen LogP contribution in [0.2, 0.25) is 0 Å². The Labute approximate surface area is 177 Å². The average molecular weight is 431 g/mol. The van der Waals surface area contributed by atoms with Crippen molar-refractivity contribution in [3.8, 4) is 5.88 Å². The van der Waals surface area contributed by atoms with Crippen LogP contribution in [0.5, 0.6) is 5.88 Å². The number of nitrogens with one attached hydrogen (secondary N) is 2. The van der Waals surface area contributed by atoms with Crippen molar-refractivity contribution < 1.29 is 18.3 Å². The monoisotopic (exact) mass is 431 g/mol. The van der Waals surface area contributed by atoms with Gasteiger partial charge in [-0.2, -0.15) is 4.98 Å². The minimum atomic E-state index is -0.552. The molecule has 0 bridgehead atoms. The number of pyridine rings is 1. The number of aryl methyl sites for hydroxylation is 1. The number of fused-ring (bicyclic) bond motifs is 1. The SMILES string of the molecule is CCOc1nc(N2CCNC(CF)C2)ncc1C(=O)Nc1cc(F)c2nc(C)cn2c1. The molecule has 31 heavy (non-hydrogen) atoms. The van der Waals surface area contributed by atoms with Crippen LogP contribution in [-0.4, -0.2) is 64.2 Å². The van der Waals surface area contributed by atoms with Crippen LogP contribution >= 0.6 is 0 Å². The van der Waals surface area contributed by atoms with Gasteiger partial charge in [0.15, 0.2) is 11.5 Å². The van der Waals surface area contributed by atoms with Crippen LogP contribution in [0.3, 0.4) is 0 Å². The van der Waals surface area contributed by atoms with E-state index in [1.807, 2.05) is 4.90 Å². The highest BCUT2D eigenvalue weighted by Crippen LogP contribution is 2.22. The summed E-state index contributed by atoms with van der Waals surface area (Å²) in [5.41, 5.74) is 1.21. The molecule has 11 heteroatoms. The van der Waals surface area contributed by atoms with Gasteiger partial charge in [-0.15, -0.1) is 0 Å². The summed E-state index contributed by atoms with van der Waals surface area (Å²) >= 11 is 0. The number of halogens is 2. The van der Waals surface area contributed by atoms with Crippen molar-refractivity contribution in [2.45, 2.75) is 19.9 Å². The summed E-state index contributed by atoms with van der Waals surface area (Å²) in [6.07, 6.45) is 4.60. The molecule has 1 unspecified atom stereocenters. The fraction of sp³-hybridized carbons (Fsp3) is 0.400. The predicted molar refractivity (Wildman–Crippen MR) is 111 cm³/mol. The van der Waals surface area contributed by atoms with Crippen LogP contribution in [0.15, 0.2) is 24.7 Å². The maximum atomic E-state index is 14.3. The Kier molecular flexibility index (Phi) is 5.94. The van der Waals surface area contributed by atoms with E-state index in [0.29, 0.717) is 37.9 Å². The lowest BCUT2D eigenvalue weighted by atomic mass is 10.2. The summed E-state index contributed by atoms with van der Waals surface area (Å²) in [5, 5.41) is 5.73. The number of hydrogen-bond acceptors (Lipinski definition) is 7. The Bertz CT molecular complexity index is 1100. The van der Waals surface area contributed by atoms with E-state index in [-0.39, 0.29) is 28.8 Å². The van der Waals surface area contributed by atoms with Gasteiger partial charge in [-0.05, 0) is 13.8 Å². The number of imidazole rings is 1. The van der Waals surface area contributed by atoms with Gasteiger partial charge >= 0.3 is 0 Å². The van der Waals surface area contributed by atoms with Gasteiger partial charge in [0.2, 0.25) is 11.8 Å². The van der Waals surface area contributed by atoms with Crippen LogP contribution in [0.4, 0.5) is 20.4 Å². The number of aromatic nitrogens is 4. The second-order valence-corrected chi connectivity index (χ2v) is 7.22. The van der Waals surface area contributed by atoms with Gasteiger partial charge in [0.25, 0.3) is 5.91 Å². The molecular formula is C20H23F2N7O2. The van der Waals surface area contributed by atoms with E-state index in [1.165, 1.54) is 16.7 Å². The topological polar surface area (TPSA) is 96.7 Å². The van der Waals surface area contributed by atoms with Crippen molar-refractivity contribution in [2.24, 2.45) is 0 Å². The summed E-state index contributed by atoms with van der Waals surface area (Å²) in [5.74, 6) is -0.613. The summed E-state index contributed by atoms with van der Waals surface area (Å²) in [6.45, 7) is 4.96. The average Bonchev–Trinajstić information content (AvgIpc) is 3.14. The van der Waals surface area contributed by atoms with Gasteiger partial charge in [-0.3, -0.25) is 4.79 Å². The smallest absolute Gasteiger partial charge is 0.262 e. The fourth-order valence-corrected chi connectivity index (χ4v) is 3.47. The first-order chi connectivity index (χ1) is 15.0. The molecule has 0 aromatic carbocycles. The number of ether oxygens (including phenoxy) is 1. The summed E-state index contributed by atoms with van der Waals surface area (Å²) in [7, 11) is 0. The highest BCUT2D eigenvalue weighted by molar-refractivity contribution is 6.05. The quantitative estimate of drug-likeness (QED) is 0.616. The van der Waals surface area contributed by atoms with Crippen molar-refractivity contribution >= 4 is 23.2 Å². The molecule has 1 atom stereocenters. The second-order valence-electron chi connectivity index (χ2n) is 7.22. The zero-order chi connectivity index (χ0) is 22.0. The van der Waals surface area contributed by atoms with E-state index in [1.54, 1.807) is 26.2 Å². The van der Waals surface area contributed by atoms with Crippen LogP contribution in [0, 0.1) is 12.7 Å². The van der Waals surface area contributed by atoms with Gasteiger partial charge in [0.05, 0.1) is 24.0 Å². The minimum absolute atomic E-state index is 0.111. The van der Waals surface area contributed by atoms with Gasteiger partial charge in [0.1, 0.15) is 12.2 Å². The highest BCUT2D eigenvalue weighted by atomic mass is 19.1. The lowest BCUT2D eigenvalue weighted by Gasteiger charge is -2.32. The first kappa shape index (κ1) is 20.9. The molecule has 0 spiro atoms. The maximum absolute atomic E-state index is 14.3. The van der Waals surface area contributed by atoms with Crippen molar-refractivity contribution in [2.75, 3.05) is 43.1 Å². The van der Waals surface area contributed by atoms with E-state index in [4.69, 9.17) is 4.74 Å². The molecule has 1 fully saturated rings. The maximum Gasteiger partial charge on any atom is 0.262 e. The lowest BCUT2D eigenvalue weighted by Crippen LogP contribution is -2.52. The number of carbonyl (C=O) groups is 1. The number of amides is 1. The second kappa shape index (κ2) is 8.80. The van der Waals surface area contributed by atoms with E-state index in [2.05, 4.69) is 25.6 Å². The number of rotatable bonds is 6. The van der Waals surface area contributed by atoms with Crippen molar-refractivity contribution in [3.05, 3.63) is 41.7 Å². The molecule has 1 aliphatic heterocycles. The summed E-state index contributed by atoms with van der Waals surface area (Å²) in [6, 6.07) is 0.903. The Morgan fingerprint density at radius 3 is 3.00 bits per heavy atom. The molecule has 0 aliphatic carbocycles. The Morgan fingerprint density at radius 1 is 1.39 bits per heavy atom. The number of nitrogens with zero attached hydrogens (tertiary/aromatic N) is 5. The van der Waals surface area contributed by atoms with Crippen molar-refractivity contribution in [1.29, 1.82) is 0 Å². The van der Waals surface area contributed by atoms with E-state index in [9.17, 15) is 13.6 Å². The number of piperazine rings is 1. The Balaban J connectivity index is 1.58. The van der Waals surface area contributed by atoms with Crippen LogP contribution in [0.1, 0.15) is 23.0 Å². The Morgan fingerprint density at radius 2 is 2.23 bits per heavy atom. The van der Waals surface area contributed by atoms with Crippen LogP contribution in [-0.2, 0) is 0 Å². The lowest BCUT2D eigenvalue weighted by molar-refractivity contribution is 0.102. The molecule has 0 radical (unpaired) electrons. The molecule has 3 aromatic rings. The summed E-state index contributed by atoms with van der Waals surface area (Å²) < 4.78 is 34.4. The molecule has 164 valence electrons. The van der Waals surface area contributed by atoms with Gasteiger partial charge in [-0.25, -0.2) is 18.7 Å². The van der Waals surface area contributed by atoms with Crippen LogP contribution < -0.4 is 20.3 Å². The number of alkyl halides is 1. The van der Waals surface area contributed by atoms with Gasteiger partial charge in [-0.1, -0.05) is 0 Å². The van der Waals surface area contributed by atoms with E-state index < -0.39 is 18.4 Å². The number of anilines is 2. The molecular weight excluding hydrogens is 408 g/mol. The first-order valence-electron chi connectivity index (χ1n) is 9.98. The highest BCUT2D eigenvalue weighted by Gasteiger charge is 2.24. The molecule has 0 saturated carbocycles. The number of carbonyl (C=O) groups excluding carboxylic acids is 1.